The Morgan fingerprint density at radius 2 is 1.55 bits per heavy atom. The summed E-state index contributed by atoms with van der Waals surface area (Å²) in [5, 5.41) is 0. The van der Waals surface area contributed by atoms with E-state index in [9.17, 15) is 0 Å². The molecule has 0 atom stereocenters. The maximum atomic E-state index is 2.56. The molecule has 0 N–H and O–H groups in total. The van der Waals surface area contributed by atoms with Crippen LogP contribution >= 0.6 is 0 Å². The zero-order valence-corrected chi connectivity index (χ0v) is 12.0. The van der Waals surface area contributed by atoms with Crippen LogP contribution in [0.1, 0.15) is 11.1 Å². The lowest BCUT2D eigenvalue weighted by Crippen LogP contribution is -2.44. The summed E-state index contributed by atoms with van der Waals surface area (Å²) in [4.78, 5) is 4.97. The van der Waals surface area contributed by atoms with Crippen molar-refractivity contribution in [1.82, 2.24) is 4.90 Å². The molecule has 102 valence electrons. The van der Waals surface area contributed by atoms with Crippen molar-refractivity contribution in [2.45, 2.75) is 6.42 Å². The van der Waals surface area contributed by atoms with Crippen molar-refractivity contribution in [3.63, 3.8) is 0 Å². The van der Waals surface area contributed by atoms with E-state index in [1.54, 1.807) is 0 Å². The summed E-state index contributed by atoms with van der Waals surface area (Å²) in [6.45, 7) is 4.61. The van der Waals surface area contributed by atoms with Gasteiger partial charge in [-0.15, -0.1) is 0 Å². The zero-order chi connectivity index (χ0) is 13.5. The molecule has 2 aromatic carbocycles. The molecule has 0 unspecified atom stereocenters. The summed E-state index contributed by atoms with van der Waals surface area (Å²) in [6, 6.07) is 15.6. The van der Waals surface area contributed by atoms with Crippen LogP contribution in [-0.2, 0) is 6.42 Å². The molecule has 0 radical (unpaired) electrons. The van der Waals surface area contributed by atoms with Crippen LogP contribution in [0.4, 0.5) is 5.69 Å². The summed E-state index contributed by atoms with van der Waals surface area (Å²) in [5.41, 5.74) is 7.32. The lowest BCUT2D eigenvalue weighted by molar-refractivity contribution is 0.312. The topological polar surface area (TPSA) is 6.48 Å². The molecule has 20 heavy (non-hydrogen) atoms. The summed E-state index contributed by atoms with van der Waals surface area (Å²) < 4.78 is 0. The van der Waals surface area contributed by atoms with Gasteiger partial charge in [0.2, 0.25) is 0 Å². The van der Waals surface area contributed by atoms with E-state index in [4.69, 9.17) is 0 Å². The number of piperazine rings is 1. The standard InChI is InChI=1S/C18H20N2/c1-19-9-11-20(12-10-19)18-8-4-7-16-15-6-3-2-5-14(15)13-17(16)18/h2-8H,9-13H2,1H3. The van der Waals surface area contributed by atoms with Crippen LogP contribution in [0.5, 0.6) is 0 Å². The number of benzene rings is 2. The third kappa shape index (κ3) is 1.83. The average molecular weight is 264 g/mol. The monoisotopic (exact) mass is 264 g/mol. The van der Waals surface area contributed by atoms with Crippen LogP contribution in [0.2, 0.25) is 0 Å². The molecule has 1 aliphatic heterocycles. The maximum absolute atomic E-state index is 2.56. The third-order valence-corrected chi connectivity index (χ3v) is 4.67. The Hall–Kier alpha value is -1.80. The van der Waals surface area contributed by atoms with Crippen molar-refractivity contribution >= 4 is 5.69 Å². The SMILES string of the molecule is CN1CCN(c2cccc3c2Cc2ccccc2-3)CC1. The largest absolute Gasteiger partial charge is 0.369 e. The molecule has 1 aliphatic carbocycles. The summed E-state index contributed by atoms with van der Waals surface area (Å²) >= 11 is 0. The molecule has 0 spiro atoms. The Kier molecular flexibility index (Phi) is 2.78. The van der Waals surface area contributed by atoms with Gasteiger partial charge in [0, 0.05) is 38.3 Å². The van der Waals surface area contributed by atoms with Crippen LogP contribution < -0.4 is 4.90 Å². The highest BCUT2D eigenvalue weighted by molar-refractivity contribution is 5.82. The predicted molar refractivity (Wildman–Crippen MR) is 84.4 cm³/mol. The van der Waals surface area contributed by atoms with E-state index in [-0.39, 0.29) is 0 Å². The van der Waals surface area contributed by atoms with Gasteiger partial charge in [0.1, 0.15) is 0 Å². The fourth-order valence-corrected chi connectivity index (χ4v) is 3.48. The fourth-order valence-electron chi connectivity index (χ4n) is 3.48. The van der Waals surface area contributed by atoms with E-state index in [1.165, 1.54) is 27.9 Å². The number of rotatable bonds is 1. The third-order valence-electron chi connectivity index (χ3n) is 4.67. The highest BCUT2D eigenvalue weighted by Crippen LogP contribution is 2.41. The number of hydrogen-bond acceptors (Lipinski definition) is 2. The average Bonchev–Trinajstić information content (AvgIpc) is 2.87. The van der Waals surface area contributed by atoms with Gasteiger partial charge in [-0.05, 0) is 35.4 Å². The van der Waals surface area contributed by atoms with E-state index >= 15 is 0 Å². The molecule has 1 heterocycles. The molecule has 2 aliphatic rings. The van der Waals surface area contributed by atoms with E-state index in [2.05, 4.69) is 59.3 Å². The smallest absolute Gasteiger partial charge is 0.0409 e. The summed E-state index contributed by atoms with van der Waals surface area (Å²) in [7, 11) is 2.21. The lowest BCUT2D eigenvalue weighted by Gasteiger charge is -2.35. The van der Waals surface area contributed by atoms with Gasteiger partial charge >= 0.3 is 0 Å². The molecule has 1 saturated heterocycles. The lowest BCUT2D eigenvalue weighted by atomic mass is 10.0. The van der Waals surface area contributed by atoms with Crippen molar-refractivity contribution < 1.29 is 0 Å². The van der Waals surface area contributed by atoms with Crippen molar-refractivity contribution in [3.8, 4) is 11.1 Å². The van der Waals surface area contributed by atoms with Gasteiger partial charge in [0.15, 0.2) is 0 Å². The van der Waals surface area contributed by atoms with E-state index < -0.39 is 0 Å². The van der Waals surface area contributed by atoms with Gasteiger partial charge in [-0.1, -0.05) is 36.4 Å². The Balaban J connectivity index is 1.74. The van der Waals surface area contributed by atoms with Crippen LogP contribution in [0.15, 0.2) is 42.5 Å². The molecule has 0 saturated carbocycles. The highest BCUT2D eigenvalue weighted by Gasteiger charge is 2.24. The molecule has 4 rings (SSSR count). The Morgan fingerprint density at radius 3 is 2.40 bits per heavy atom. The van der Waals surface area contributed by atoms with Crippen LogP contribution in [0.3, 0.4) is 0 Å². The zero-order valence-electron chi connectivity index (χ0n) is 12.0. The van der Waals surface area contributed by atoms with Crippen LogP contribution in [-0.4, -0.2) is 38.1 Å². The second kappa shape index (κ2) is 4.64. The molecule has 0 bridgehead atoms. The Labute approximate surface area is 120 Å². The summed E-state index contributed by atoms with van der Waals surface area (Å²) in [5.74, 6) is 0. The molecule has 1 fully saturated rings. The molecular weight excluding hydrogens is 244 g/mol. The molecule has 2 heteroatoms. The predicted octanol–water partition coefficient (Wildman–Crippen LogP) is 3.01. The first-order valence-corrected chi connectivity index (χ1v) is 7.46. The number of likely N-dealkylation sites (N-methyl/N-ethyl adjacent to an activating group) is 1. The minimum absolute atomic E-state index is 1.09. The molecule has 2 aromatic rings. The Bertz CT molecular complexity index is 640. The highest BCUT2D eigenvalue weighted by atomic mass is 15.2. The van der Waals surface area contributed by atoms with E-state index in [0.717, 1.165) is 32.6 Å². The van der Waals surface area contributed by atoms with Crippen molar-refractivity contribution in [2.75, 3.05) is 38.1 Å². The number of hydrogen-bond donors (Lipinski definition) is 0. The van der Waals surface area contributed by atoms with Gasteiger partial charge in [0.05, 0.1) is 0 Å². The van der Waals surface area contributed by atoms with Gasteiger partial charge in [0.25, 0.3) is 0 Å². The molecule has 0 amide bonds. The van der Waals surface area contributed by atoms with Crippen molar-refractivity contribution in [1.29, 1.82) is 0 Å². The normalized spacial score (nSPS) is 17.9. The van der Waals surface area contributed by atoms with Gasteiger partial charge in [-0.2, -0.15) is 0 Å². The van der Waals surface area contributed by atoms with Gasteiger partial charge < -0.3 is 9.80 Å². The number of nitrogens with zero attached hydrogens (tertiary/aromatic N) is 2. The first kappa shape index (κ1) is 12.0. The fraction of sp³-hybridized carbons (Fsp3) is 0.333. The van der Waals surface area contributed by atoms with Gasteiger partial charge in [-0.25, -0.2) is 0 Å². The first-order chi connectivity index (χ1) is 9.83. The molecular formula is C18H20N2. The molecule has 2 nitrogen and oxygen atoms in total. The van der Waals surface area contributed by atoms with Crippen molar-refractivity contribution in [2.24, 2.45) is 0 Å². The van der Waals surface area contributed by atoms with E-state index in [0.29, 0.717) is 0 Å². The number of anilines is 1. The van der Waals surface area contributed by atoms with E-state index in [1.807, 2.05) is 0 Å². The Morgan fingerprint density at radius 1 is 0.800 bits per heavy atom. The second-order valence-corrected chi connectivity index (χ2v) is 5.93. The minimum Gasteiger partial charge on any atom is -0.369 e. The summed E-state index contributed by atoms with van der Waals surface area (Å²) in [6.07, 6.45) is 1.09. The van der Waals surface area contributed by atoms with Crippen LogP contribution in [0, 0.1) is 0 Å². The quantitative estimate of drug-likeness (QED) is 0.666. The van der Waals surface area contributed by atoms with Crippen molar-refractivity contribution in [3.05, 3.63) is 53.6 Å². The first-order valence-electron chi connectivity index (χ1n) is 7.46. The molecule has 0 aromatic heterocycles. The van der Waals surface area contributed by atoms with Gasteiger partial charge in [-0.3, -0.25) is 0 Å². The second-order valence-electron chi connectivity index (χ2n) is 5.93. The minimum atomic E-state index is 1.09. The maximum Gasteiger partial charge on any atom is 0.0409 e. The van der Waals surface area contributed by atoms with Crippen LogP contribution in [0.25, 0.3) is 11.1 Å². The number of fused-ring (bicyclic) bond motifs is 3.